The van der Waals surface area contributed by atoms with E-state index in [1.165, 1.54) is 18.3 Å². The Balaban J connectivity index is 0.000000212. The minimum absolute atomic E-state index is 0.0358. The van der Waals surface area contributed by atoms with Gasteiger partial charge in [0.1, 0.15) is 0 Å². The molecule has 164 valence electrons. The number of anilines is 5. The Morgan fingerprint density at radius 1 is 0.750 bits per heavy atom. The highest BCUT2D eigenvalue weighted by Crippen LogP contribution is 2.24. The molecule has 0 atom stereocenters. The van der Waals surface area contributed by atoms with Gasteiger partial charge >= 0.3 is 5.69 Å². The number of pyridine rings is 2. The molecule has 0 spiro atoms. The number of nitrogen functional groups attached to an aromatic ring is 1. The average molecular weight is 432 g/mol. The van der Waals surface area contributed by atoms with Crippen LogP contribution in [0.4, 0.5) is 34.4 Å². The molecule has 0 aliphatic carbocycles. The summed E-state index contributed by atoms with van der Waals surface area (Å²) in [6.45, 7) is 0. The van der Waals surface area contributed by atoms with Crippen LogP contribution in [0.2, 0.25) is 0 Å². The molecule has 0 radical (unpaired) electrons. The summed E-state index contributed by atoms with van der Waals surface area (Å²) in [5.41, 5.74) is 8.11. The Hall–Kier alpha value is -4.50. The van der Waals surface area contributed by atoms with Crippen LogP contribution in [-0.4, -0.2) is 27.1 Å². The largest absolute Gasteiger partial charge is 0.400 e. The van der Waals surface area contributed by atoms with Gasteiger partial charge in [-0.15, -0.1) is 0 Å². The smallest absolute Gasteiger partial charge is 0.311 e. The Morgan fingerprint density at radius 2 is 1.22 bits per heavy atom. The second-order valence-corrected chi connectivity index (χ2v) is 6.05. The summed E-state index contributed by atoms with van der Waals surface area (Å²) in [6.07, 6.45) is 3.22. The lowest BCUT2D eigenvalue weighted by atomic mass is 10.3. The van der Waals surface area contributed by atoms with Crippen molar-refractivity contribution in [3.05, 3.63) is 107 Å². The van der Waals surface area contributed by atoms with Gasteiger partial charge in [-0.05, 0) is 42.5 Å². The molecule has 9 nitrogen and oxygen atoms in total. The van der Waals surface area contributed by atoms with Gasteiger partial charge in [-0.3, -0.25) is 10.1 Å². The van der Waals surface area contributed by atoms with Crippen LogP contribution < -0.4 is 16.4 Å². The number of nitrogens with one attached hydrogen (secondary N) is 2. The summed E-state index contributed by atoms with van der Waals surface area (Å²) in [5, 5.41) is 23.8. The van der Waals surface area contributed by atoms with Crippen LogP contribution in [0, 0.1) is 10.1 Å². The van der Waals surface area contributed by atoms with Gasteiger partial charge in [0.25, 0.3) is 0 Å². The van der Waals surface area contributed by atoms with Crippen molar-refractivity contribution in [3.63, 3.8) is 0 Å². The highest BCUT2D eigenvalue weighted by molar-refractivity contribution is 5.68. The van der Waals surface area contributed by atoms with E-state index in [0.29, 0.717) is 11.5 Å². The molecular formula is C23H24N6O3. The summed E-state index contributed by atoms with van der Waals surface area (Å²) in [4.78, 5) is 18.4. The van der Waals surface area contributed by atoms with E-state index in [-0.39, 0.29) is 11.5 Å². The number of aliphatic hydroxyl groups is 1. The number of hydrogen-bond donors (Lipinski definition) is 4. The maximum absolute atomic E-state index is 10.7. The van der Waals surface area contributed by atoms with Gasteiger partial charge in [0.2, 0.25) is 5.82 Å². The van der Waals surface area contributed by atoms with Gasteiger partial charge in [0.05, 0.1) is 10.6 Å². The van der Waals surface area contributed by atoms with E-state index in [4.69, 9.17) is 10.8 Å². The Labute approximate surface area is 185 Å². The Morgan fingerprint density at radius 3 is 1.72 bits per heavy atom. The molecule has 0 unspecified atom stereocenters. The van der Waals surface area contributed by atoms with Crippen LogP contribution in [0.15, 0.2) is 97.3 Å². The predicted molar refractivity (Wildman–Crippen MR) is 127 cm³/mol. The first-order valence-corrected chi connectivity index (χ1v) is 9.52. The van der Waals surface area contributed by atoms with Crippen molar-refractivity contribution in [2.45, 2.75) is 0 Å². The normalized spacial score (nSPS) is 9.31. The van der Waals surface area contributed by atoms with Crippen molar-refractivity contribution in [3.8, 4) is 0 Å². The fourth-order valence-electron chi connectivity index (χ4n) is 2.48. The zero-order chi connectivity index (χ0) is 23.2. The maximum atomic E-state index is 10.7. The zero-order valence-electron chi connectivity index (χ0n) is 17.4. The SMILES string of the molecule is CO.Nc1cccnc1Nc1ccccc1.O=[N+]([O-])c1cccnc1Nc1ccccc1. The fraction of sp³-hybridized carbons (Fsp3) is 0.0435. The fourth-order valence-corrected chi connectivity index (χ4v) is 2.48. The molecule has 5 N–H and O–H groups in total. The first kappa shape index (κ1) is 23.8. The van der Waals surface area contributed by atoms with Crippen molar-refractivity contribution in [2.24, 2.45) is 0 Å². The molecule has 0 bridgehead atoms. The molecule has 0 aliphatic rings. The summed E-state index contributed by atoms with van der Waals surface area (Å²) in [7, 11) is 1.00. The van der Waals surface area contributed by atoms with Crippen LogP contribution in [-0.2, 0) is 0 Å². The lowest BCUT2D eigenvalue weighted by Gasteiger charge is -2.06. The minimum Gasteiger partial charge on any atom is -0.400 e. The molecule has 2 aromatic heterocycles. The lowest BCUT2D eigenvalue weighted by molar-refractivity contribution is -0.384. The number of nitrogens with two attached hydrogens (primary N) is 1. The highest BCUT2D eigenvalue weighted by atomic mass is 16.6. The second kappa shape index (κ2) is 12.9. The molecule has 32 heavy (non-hydrogen) atoms. The van der Waals surface area contributed by atoms with Crippen molar-refractivity contribution in [2.75, 3.05) is 23.5 Å². The number of nitro groups is 1. The highest BCUT2D eigenvalue weighted by Gasteiger charge is 2.13. The van der Waals surface area contributed by atoms with Crippen LogP contribution in [0.1, 0.15) is 0 Å². The van der Waals surface area contributed by atoms with Crippen LogP contribution in [0.3, 0.4) is 0 Å². The molecule has 4 aromatic rings. The molecular weight excluding hydrogens is 408 g/mol. The quantitative estimate of drug-likeness (QED) is 0.262. The van der Waals surface area contributed by atoms with Crippen LogP contribution >= 0.6 is 0 Å². The third-order valence-corrected chi connectivity index (χ3v) is 3.90. The molecule has 0 saturated heterocycles. The summed E-state index contributed by atoms with van der Waals surface area (Å²) < 4.78 is 0. The Kier molecular flexibility index (Phi) is 9.61. The van der Waals surface area contributed by atoms with Gasteiger partial charge in [0.15, 0.2) is 5.82 Å². The van der Waals surface area contributed by atoms with Crippen LogP contribution in [0.5, 0.6) is 0 Å². The Bertz CT molecular complexity index is 1090. The van der Waals surface area contributed by atoms with Crippen LogP contribution in [0.25, 0.3) is 0 Å². The number of hydrogen-bond acceptors (Lipinski definition) is 8. The number of nitrogens with zero attached hydrogens (tertiary/aromatic N) is 3. The molecule has 9 heteroatoms. The monoisotopic (exact) mass is 432 g/mol. The van der Waals surface area contributed by atoms with Gasteiger partial charge in [-0.2, -0.15) is 0 Å². The zero-order valence-corrected chi connectivity index (χ0v) is 17.4. The minimum atomic E-state index is -0.460. The molecule has 0 fully saturated rings. The van der Waals surface area contributed by atoms with E-state index < -0.39 is 4.92 Å². The van der Waals surface area contributed by atoms with Gasteiger partial charge in [-0.1, -0.05) is 36.4 Å². The average Bonchev–Trinajstić information content (AvgIpc) is 2.84. The van der Waals surface area contributed by atoms with E-state index in [0.717, 1.165) is 18.5 Å². The van der Waals surface area contributed by atoms with Gasteiger partial charge < -0.3 is 21.5 Å². The van der Waals surface area contributed by atoms with Crippen molar-refractivity contribution in [1.29, 1.82) is 0 Å². The summed E-state index contributed by atoms with van der Waals surface area (Å²) in [6, 6.07) is 25.6. The van der Waals surface area contributed by atoms with Gasteiger partial charge in [-0.25, -0.2) is 9.97 Å². The van der Waals surface area contributed by atoms with E-state index in [9.17, 15) is 10.1 Å². The summed E-state index contributed by atoms with van der Waals surface area (Å²) in [5.74, 6) is 0.942. The number of benzene rings is 2. The molecule has 2 aromatic carbocycles. The molecule has 0 aliphatic heterocycles. The molecule has 0 saturated carbocycles. The standard InChI is InChI=1S/C11H9N3O2.C11H11N3.CH4O/c15-14(16)10-7-4-8-12-11(10)13-9-5-2-1-3-6-9;12-10-7-4-8-13-11(10)14-9-5-2-1-3-6-9;1-2/h1-8H,(H,12,13);1-8H,12H2,(H,13,14);2H,1H3. The van der Waals surface area contributed by atoms with E-state index in [2.05, 4.69) is 20.6 Å². The molecule has 4 rings (SSSR count). The van der Waals surface area contributed by atoms with E-state index >= 15 is 0 Å². The van der Waals surface area contributed by atoms with E-state index in [1.807, 2.05) is 72.8 Å². The number of rotatable bonds is 5. The third-order valence-electron chi connectivity index (χ3n) is 3.90. The van der Waals surface area contributed by atoms with Crippen molar-refractivity contribution >= 4 is 34.4 Å². The maximum Gasteiger partial charge on any atom is 0.311 e. The van der Waals surface area contributed by atoms with Crippen molar-refractivity contribution in [1.82, 2.24) is 9.97 Å². The second-order valence-electron chi connectivity index (χ2n) is 6.05. The first-order valence-electron chi connectivity index (χ1n) is 9.52. The molecule has 0 amide bonds. The number of para-hydroxylation sites is 2. The first-order chi connectivity index (χ1) is 15.6. The summed E-state index contributed by atoms with van der Waals surface area (Å²) >= 11 is 0. The lowest BCUT2D eigenvalue weighted by Crippen LogP contribution is -1.98. The topological polar surface area (TPSA) is 139 Å². The number of aromatic nitrogens is 2. The van der Waals surface area contributed by atoms with Crippen molar-refractivity contribution < 1.29 is 10.0 Å². The number of aliphatic hydroxyl groups excluding tert-OH is 1. The van der Waals surface area contributed by atoms with E-state index in [1.54, 1.807) is 6.20 Å². The third kappa shape index (κ3) is 7.39. The van der Waals surface area contributed by atoms with Gasteiger partial charge in [0, 0.05) is 36.9 Å². The molecule has 2 heterocycles. The predicted octanol–water partition coefficient (Wildman–Crippen LogP) is 4.75.